The van der Waals surface area contributed by atoms with Crippen LogP contribution < -0.4 is 5.32 Å². The number of nitrogens with zero attached hydrogens (tertiary/aromatic N) is 2. The number of hydrogen-bond donors (Lipinski definition) is 1. The lowest BCUT2D eigenvalue weighted by Crippen LogP contribution is -2.50. The molecule has 2 aromatic carbocycles. The normalized spacial score (nSPS) is 16.2. The lowest BCUT2D eigenvalue weighted by atomic mass is 10.1. The molecule has 2 aromatic rings. The van der Waals surface area contributed by atoms with Gasteiger partial charge in [-0.3, -0.25) is 9.69 Å². The Kier molecular flexibility index (Phi) is 6.75. The quantitative estimate of drug-likeness (QED) is 0.826. The molecule has 0 spiro atoms. The number of rotatable bonds is 6. The number of carbonyl (C=O) groups excluding carboxylic acids is 1. The van der Waals surface area contributed by atoms with Crippen molar-refractivity contribution in [1.29, 1.82) is 0 Å². The number of piperazine rings is 1. The summed E-state index contributed by atoms with van der Waals surface area (Å²) >= 11 is 0. The number of aryl methyl sites for hydroxylation is 1. The van der Waals surface area contributed by atoms with E-state index in [9.17, 15) is 13.6 Å². The Bertz CT molecular complexity index is 819. The van der Waals surface area contributed by atoms with Crippen molar-refractivity contribution in [2.75, 3.05) is 32.7 Å². The molecular weight excluding hydrogens is 360 g/mol. The molecule has 1 saturated heterocycles. The molecule has 6 heteroatoms. The second kappa shape index (κ2) is 9.26. The highest BCUT2D eigenvalue weighted by Crippen LogP contribution is 2.16. The van der Waals surface area contributed by atoms with E-state index >= 15 is 0 Å². The molecular formula is C22H27F2N3O. The van der Waals surface area contributed by atoms with Gasteiger partial charge < -0.3 is 10.2 Å². The van der Waals surface area contributed by atoms with Crippen LogP contribution in [0.1, 0.15) is 29.7 Å². The van der Waals surface area contributed by atoms with E-state index in [-0.39, 0.29) is 18.5 Å². The zero-order chi connectivity index (χ0) is 20.1. The Morgan fingerprint density at radius 1 is 1.07 bits per heavy atom. The lowest BCUT2D eigenvalue weighted by molar-refractivity contribution is -0.132. The molecule has 4 nitrogen and oxygen atoms in total. The molecule has 0 bridgehead atoms. The average Bonchev–Trinajstić information content (AvgIpc) is 2.70. The van der Waals surface area contributed by atoms with Crippen LogP contribution in [-0.2, 0) is 11.3 Å². The number of carbonyl (C=O) groups is 1. The topological polar surface area (TPSA) is 35.6 Å². The Morgan fingerprint density at radius 2 is 1.79 bits per heavy atom. The van der Waals surface area contributed by atoms with Gasteiger partial charge in [-0.1, -0.05) is 30.3 Å². The maximum absolute atomic E-state index is 13.4. The third-order valence-electron chi connectivity index (χ3n) is 5.38. The molecule has 1 fully saturated rings. The molecule has 0 aliphatic carbocycles. The number of nitrogens with one attached hydrogen (secondary N) is 1. The number of amides is 1. The van der Waals surface area contributed by atoms with Gasteiger partial charge in [0.2, 0.25) is 5.91 Å². The predicted molar refractivity (Wildman–Crippen MR) is 106 cm³/mol. The second-order valence-electron chi connectivity index (χ2n) is 7.36. The molecule has 1 heterocycles. The zero-order valence-corrected chi connectivity index (χ0v) is 16.4. The van der Waals surface area contributed by atoms with Crippen molar-refractivity contribution in [1.82, 2.24) is 15.1 Å². The standard InChI is InChI=1S/C22H27F2N3O/c1-16-5-3-4-6-19(16)15-26-9-11-27(12-10-26)22(28)14-25-17(2)18-7-8-20(23)21(24)13-18/h3-8,13,17,25H,9-12,14-15H2,1-2H3/t17-/m1/s1. The van der Waals surface area contributed by atoms with Crippen LogP contribution in [0, 0.1) is 18.6 Å². The zero-order valence-electron chi connectivity index (χ0n) is 16.4. The molecule has 1 N–H and O–H groups in total. The minimum Gasteiger partial charge on any atom is -0.339 e. The lowest BCUT2D eigenvalue weighted by Gasteiger charge is -2.35. The molecule has 28 heavy (non-hydrogen) atoms. The summed E-state index contributed by atoms with van der Waals surface area (Å²) in [5.41, 5.74) is 3.23. The van der Waals surface area contributed by atoms with Gasteiger partial charge in [0.15, 0.2) is 11.6 Å². The highest BCUT2D eigenvalue weighted by molar-refractivity contribution is 5.78. The van der Waals surface area contributed by atoms with Crippen molar-refractivity contribution in [3.63, 3.8) is 0 Å². The third kappa shape index (κ3) is 5.14. The monoisotopic (exact) mass is 387 g/mol. The van der Waals surface area contributed by atoms with Crippen LogP contribution in [0.3, 0.4) is 0 Å². The van der Waals surface area contributed by atoms with Crippen LogP contribution in [0.5, 0.6) is 0 Å². The van der Waals surface area contributed by atoms with Crippen molar-refractivity contribution in [3.8, 4) is 0 Å². The maximum atomic E-state index is 13.4. The summed E-state index contributed by atoms with van der Waals surface area (Å²) in [4.78, 5) is 16.7. The molecule has 150 valence electrons. The molecule has 1 amide bonds. The minimum atomic E-state index is -0.873. The summed E-state index contributed by atoms with van der Waals surface area (Å²) in [5.74, 6) is -1.71. The van der Waals surface area contributed by atoms with E-state index in [1.165, 1.54) is 23.3 Å². The van der Waals surface area contributed by atoms with E-state index in [0.717, 1.165) is 25.7 Å². The van der Waals surface area contributed by atoms with Gasteiger partial charge in [-0.25, -0.2) is 8.78 Å². The van der Waals surface area contributed by atoms with Gasteiger partial charge in [-0.2, -0.15) is 0 Å². The number of hydrogen-bond acceptors (Lipinski definition) is 3. The fraction of sp³-hybridized carbons (Fsp3) is 0.409. The molecule has 1 atom stereocenters. The number of halogens is 2. The summed E-state index contributed by atoms with van der Waals surface area (Å²) in [7, 11) is 0. The summed E-state index contributed by atoms with van der Waals surface area (Å²) in [6.07, 6.45) is 0. The van der Waals surface area contributed by atoms with Crippen molar-refractivity contribution >= 4 is 5.91 Å². The first-order chi connectivity index (χ1) is 13.4. The Labute approximate surface area is 165 Å². The van der Waals surface area contributed by atoms with Gasteiger partial charge in [0.1, 0.15) is 0 Å². The van der Waals surface area contributed by atoms with Gasteiger partial charge in [0.05, 0.1) is 6.54 Å². The highest BCUT2D eigenvalue weighted by Gasteiger charge is 2.21. The first-order valence-corrected chi connectivity index (χ1v) is 9.67. The van der Waals surface area contributed by atoms with Crippen LogP contribution in [0.4, 0.5) is 8.78 Å². The third-order valence-corrected chi connectivity index (χ3v) is 5.38. The summed E-state index contributed by atoms with van der Waals surface area (Å²) in [5, 5.41) is 3.11. The largest absolute Gasteiger partial charge is 0.339 e. The molecule has 3 rings (SSSR count). The average molecular weight is 387 g/mol. The van der Waals surface area contributed by atoms with Crippen LogP contribution in [-0.4, -0.2) is 48.4 Å². The van der Waals surface area contributed by atoms with Crippen molar-refractivity contribution in [3.05, 3.63) is 70.8 Å². The Hall–Kier alpha value is -2.31. The molecule has 0 unspecified atom stereocenters. The maximum Gasteiger partial charge on any atom is 0.236 e. The molecule has 1 aliphatic rings. The SMILES string of the molecule is Cc1ccccc1CN1CCN(C(=O)CN[C@H](C)c2ccc(F)c(F)c2)CC1. The van der Waals surface area contributed by atoms with Crippen LogP contribution in [0.15, 0.2) is 42.5 Å². The van der Waals surface area contributed by atoms with Crippen LogP contribution in [0.25, 0.3) is 0 Å². The van der Waals surface area contributed by atoms with Gasteiger partial charge in [0, 0.05) is 38.8 Å². The Balaban J connectivity index is 1.44. The fourth-order valence-corrected chi connectivity index (χ4v) is 3.44. The molecule has 0 aromatic heterocycles. The van der Waals surface area contributed by atoms with Gasteiger partial charge in [-0.15, -0.1) is 0 Å². The first-order valence-electron chi connectivity index (χ1n) is 9.67. The van der Waals surface area contributed by atoms with Gasteiger partial charge >= 0.3 is 0 Å². The van der Waals surface area contributed by atoms with Crippen LogP contribution >= 0.6 is 0 Å². The summed E-state index contributed by atoms with van der Waals surface area (Å²) < 4.78 is 26.4. The fourth-order valence-electron chi connectivity index (χ4n) is 3.44. The van der Waals surface area contributed by atoms with Gasteiger partial charge in [0.25, 0.3) is 0 Å². The minimum absolute atomic E-state index is 0.0324. The number of benzene rings is 2. The molecule has 0 radical (unpaired) electrons. The van der Waals surface area contributed by atoms with Crippen molar-refractivity contribution < 1.29 is 13.6 Å². The van der Waals surface area contributed by atoms with Crippen molar-refractivity contribution in [2.24, 2.45) is 0 Å². The van der Waals surface area contributed by atoms with Gasteiger partial charge in [-0.05, 0) is 42.7 Å². The van der Waals surface area contributed by atoms with Crippen LogP contribution in [0.2, 0.25) is 0 Å². The van der Waals surface area contributed by atoms with E-state index < -0.39 is 11.6 Å². The smallest absolute Gasteiger partial charge is 0.236 e. The van der Waals surface area contributed by atoms with E-state index in [4.69, 9.17) is 0 Å². The second-order valence-corrected chi connectivity index (χ2v) is 7.36. The van der Waals surface area contributed by atoms with E-state index in [1.807, 2.05) is 17.9 Å². The van der Waals surface area contributed by atoms with E-state index in [0.29, 0.717) is 18.7 Å². The highest BCUT2D eigenvalue weighted by atomic mass is 19.2. The Morgan fingerprint density at radius 3 is 2.46 bits per heavy atom. The van der Waals surface area contributed by atoms with E-state index in [1.54, 1.807) is 0 Å². The molecule has 1 aliphatic heterocycles. The predicted octanol–water partition coefficient (Wildman–Crippen LogP) is 3.27. The summed E-state index contributed by atoms with van der Waals surface area (Å²) in [6, 6.07) is 11.9. The summed E-state index contributed by atoms with van der Waals surface area (Å²) in [6.45, 7) is 8.13. The van der Waals surface area contributed by atoms with Crippen molar-refractivity contribution in [2.45, 2.75) is 26.4 Å². The first kappa shape index (κ1) is 20.4. The van der Waals surface area contributed by atoms with E-state index in [2.05, 4.69) is 35.3 Å². The molecule has 0 saturated carbocycles.